The Labute approximate surface area is 126 Å². The molecular formula is C13H14ClN5O2. The molecule has 0 aliphatic heterocycles. The highest BCUT2D eigenvalue weighted by molar-refractivity contribution is 5.95. The number of halogens is 1. The van der Waals surface area contributed by atoms with E-state index in [2.05, 4.69) is 20.6 Å². The van der Waals surface area contributed by atoms with Crippen LogP contribution >= 0.6 is 12.4 Å². The maximum absolute atomic E-state index is 11.2. The van der Waals surface area contributed by atoms with Gasteiger partial charge in [-0.3, -0.25) is 4.79 Å². The number of Topliss-reactive ketones (excluding diaryl/α,β-unsaturated/α-hetero) is 1. The van der Waals surface area contributed by atoms with Crippen molar-refractivity contribution in [2.75, 3.05) is 6.54 Å². The normalized spacial score (nSPS) is 9.19. The van der Waals surface area contributed by atoms with E-state index in [1.165, 1.54) is 0 Å². The van der Waals surface area contributed by atoms with Crippen LogP contribution in [0.1, 0.15) is 10.6 Å². The number of H-pyrrole nitrogens is 1. The number of rotatable bonds is 3. The lowest BCUT2D eigenvalue weighted by molar-refractivity contribution is 0.0966. The van der Waals surface area contributed by atoms with Gasteiger partial charge in [-0.2, -0.15) is 15.4 Å². The fourth-order valence-electron chi connectivity index (χ4n) is 1.42. The van der Waals surface area contributed by atoms with Crippen molar-refractivity contribution in [2.45, 2.75) is 0 Å². The van der Waals surface area contributed by atoms with Gasteiger partial charge in [0.25, 0.3) is 0 Å². The largest absolute Gasteiger partial charge is 0.352 e. The van der Waals surface area contributed by atoms with Crippen LogP contribution in [0.25, 0.3) is 11.3 Å². The standard InChI is InChI=1S/C11H10N2O2.C2H3N3.ClH/c12-7-10(14)11-6-9(13-15-11)8-4-2-1-3-5-8;1-2-4-5-3-1;/h1-6H,7,12H2;1-2H,(H,3,4,5);1H. The van der Waals surface area contributed by atoms with Crippen LogP contribution in [0.5, 0.6) is 0 Å². The van der Waals surface area contributed by atoms with Crippen molar-refractivity contribution in [1.82, 2.24) is 20.6 Å². The number of aromatic nitrogens is 4. The summed E-state index contributed by atoms with van der Waals surface area (Å²) in [7, 11) is 0. The number of benzene rings is 1. The van der Waals surface area contributed by atoms with Crippen LogP contribution in [0.3, 0.4) is 0 Å². The van der Waals surface area contributed by atoms with E-state index in [0.29, 0.717) is 5.69 Å². The summed E-state index contributed by atoms with van der Waals surface area (Å²) in [5.41, 5.74) is 6.77. The van der Waals surface area contributed by atoms with Crippen LogP contribution in [-0.2, 0) is 0 Å². The van der Waals surface area contributed by atoms with Crippen LogP contribution in [0.2, 0.25) is 0 Å². The minimum absolute atomic E-state index is 0. The summed E-state index contributed by atoms with van der Waals surface area (Å²) >= 11 is 0. The Kier molecular flexibility index (Phi) is 6.79. The average Bonchev–Trinajstić information content (AvgIpc) is 3.21. The van der Waals surface area contributed by atoms with Crippen LogP contribution in [0, 0.1) is 0 Å². The molecule has 0 aliphatic carbocycles. The lowest BCUT2D eigenvalue weighted by atomic mass is 10.1. The number of nitrogens with one attached hydrogen (secondary N) is 1. The first kappa shape index (κ1) is 16.5. The summed E-state index contributed by atoms with van der Waals surface area (Å²) in [5, 5.41) is 13.1. The fourth-order valence-corrected chi connectivity index (χ4v) is 1.42. The Bertz CT molecular complexity index is 622. The SMILES string of the molecule is Cl.NCC(=O)c1cc(-c2ccccc2)no1.c1cn[nH]n1. The molecule has 7 nitrogen and oxygen atoms in total. The summed E-state index contributed by atoms with van der Waals surface area (Å²) in [6, 6.07) is 11.1. The first-order valence-corrected chi connectivity index (χ1v) is 5.86. The van der Waals surface area contributed by atoms with Gasteiger partial charge in [-0.15, -0.1) is 12.4 Å². The Balaban J connectivity index is 0.000000313. The summed E-state index contributed by atoms with van der Waals surface area (Å²) in [5.74, 6) is -0.0407. The maximum atomic E-state index is 11.2. The minimum Gasteiger partial charge on any atom is -0.352 e. The molecule has 110 valence electrons. The number of nitrogens with zero attached hydrogens (tertiary/aromatic N) is 3. The van der Waals surface area contributed by atoms with E-state index in [0.717, 1.165) is 5.56 Å². The van der Waals surface area contributed by atoms with Gasteiger partial charge in [-0.05, 0) is 0 Å². The summed E-state index contributed by atoms with van der Waals surface area (Å²) in [6.07, 6.45) is 3.17. The molecule has 21 heavy (non-hydrogen) atoms. The van der Waals surface area contributed by atoms with Crippen LogP contribution in [0.15, 0.2) is 53.3 Å². The Morgan fingerprint density at radius 1 is 1.19 bits per heavy atom. The predicted molar refractivity (Wildman–Crippen MR) is 79.0 cm³/mol. The quantitative estimate of drug-likeness (QED) is 0.713. The molecule has 0 unspecified atom stereocenters. The van der Waals surface area contributed by atoms with Crippen LogP contribution < -0.4 is 5.73 Å². The second kappa shape index (κ2) is 8.62. The number of hydrogen-bond acceptors (Lipinski definition) is 6. The molecule has 1 aromatic carbocycles. The van der Waals surface area contributed by atoms with Gasteiger partial charge >= 0.3 is 0 Å². The second-order valence-electron chi connectivity index (χ2n) is 3.73. The molecule has 0 radical (unpaired) electrons. The van der Waals surface area contributed by atoms with Crippen LogP contribution in [-0.4, -0.2) is 32.9 Å². The van der Waals surface area contributed by atoms with E-state index >= 15 is 0 Å². The Morgan fingerprint density at radius 3 is 2.38 bits per heavy atom. The van der Waals surface area contributed by atoms with Gasteiger partial charge in [0, 0.05) is 11.6 Å². The van der Waals surface area contributed by atoms with E-state index in [9.17, 15) is 4.79 Å². The number of nitrogens with two attached hydrogens (primary N) is 1. The third kappa shape index (κ3) is 4.83. The van der Waals surface area contributed by atoms with Crippen molar-refractivity contribution in [1.29, 1.82) is 0 Å². The molecule has 3 aromatic rings. The zero-order chi connectivity index (χ0) is 14.2. The molecule has 0 spiro atoms. The molecule has 0 fully saturated rings. The van der Waals surface area contributed by atoms with E-state index in [4.69, 9.17) is 10.3 Å². The maximum Gasteiger partial charge on any atom is 0.214 e. The molecule has 0 bridgehead atoms. The van der Waals surface area contributed by atoms with Crippen molar-refractivity contribution in [3.63, 3.8) is 0 Å². The highest BCUT2D eigenvalue weighted by Gasteiger charge is 2.11. The number of carbonyl (C=O) groups is 1. The number of carbonyl (C=O) groups excluding carboxylic acids is 1. The molecule has 3 rings (SSSR count). The van der Waals surface area contributed by atoms with E-state index < -0.39 is 0 Å². The first-order chi connectivity index (χ1) is 9.81. The number of aromatic amines is 1. The predicted octanol–water partition coefficient (Wildman–Crippen LogP) is 1.71. The Morgan fingerprint density at radius 2 is 1.86 bits per heavy atom. The molecule has 0 atom stereocenters. The smallest absolute Gasteiger partial charge is 0.214 e. The Hall–Kier alpha value is -2.51. The van der Waals surface area contributed by atoms with E-state index in [1.54, 1.807) is 18.5 Å². The third-order valence-electron chi connectivity index (χ3n) is 2.37. The van der Waals surface area contributed by atoms with Gasteiger partial charge in [-0.25, -0.2) is 0 Å². The van der Waals surface area contributed by atoms with Crippen LogP contribution in [0.4, 0.5) is 0 Å². The molecule has 0 saturated carbocycles. The molecule has 0 saturated heterocycles. The highest BCUT2D eigenvalue weighted by Crippen LogP contribution is 2.18. The van der Waals surface area contributed by atoms with Crippen molar-refractivity contribution in [2.24, 2.45) is 5.73 Å². The van der Waals surface area contributed by atoms with Gasteiger partial charge in [0.15, 0.2) is 0 Å². The fraction of sp³-hybridized carbons (Fsp3) is 0.0769. The van der Waals surface area contributed by atoms with Crippen molar-refractivity contribution in [3.05, 3.63) is 54.6 Å². The number of ketones is 1. The monoisotopic (exact) mass is 307 g/mol. The molecule has 3 N–H and O–H groups in total. The first-order valence-electron chi connectivity index (χ1n) is 5.86. The van der Waals surface area contributed by atoms with Gasteiger partial charge in [-0.1, -0.05) is 35.5 Å². The van der Waals surface area contributed by atoms with Gasteiger partial charge < -0.3 is 10.3 Å². The number of hydrogen-bond donors (Lipinski definition) is 2. The van der Waals surface area contributed by atoms with Crippen molar-refractivity contribution < 1.29 is 9.32 Å². The van der Waals surface area contributed by atoms with Crippen molar-refractivity contribution >= 4 is 18.2 Å². The third-order valence-corrected chi connectivity index (χ3v) is 2.37. The summed E-state index contributed by atoms with van der Waals surface area (Å²) in [6.45, 7) is -0.0660. The zero-order valence-electron chi connectivity index (χ0n) is 11.0. The molecular weight excluding hydrogens is 294 g/mol. The highest BCUT2D eigenvalue weighted by atomic mass is 35.5. The topological polar surface area (TPSA) is 111 Å². The molecule has 8 heteroatoms. The molecule has 0 amide bonds. The minimum atomic E-state index is -0.246. The summed E-state index contributed by atoms with van der Waals surface area (Å²) in [4.78, 5) is 11.2. The second-order valence-corrected chi connectivity index (χ2v) is 3.73. The summed E-state index contributed by atoms with van der Waals surface area (Å²) < 4.78 is 4.89. The lowest BCUT2D eigenvalue weighted by Crippen LogP contribution is -2.12. The van der Waals surface area contributed by atoms with E-state index in [1.807, 2.05) is 30.3 Å². The van der Waals surface area contributed by atoms with Gasteiger partial charge in [0.1, 0.15) is 5.69 Å². The van der Waals surface area contributed by atoms with Crippen molar-refractivity contribution in [3.8, 4) is 11.3 Å². The lowest BCUT2D eigenvalue weighted by Gasteiger charge is -1.91. The average molecular weight is 308 g/mol. The molecule has 0 aliphatic rings. The van der Waals surface area contributed by atoms with Gasteiger partial charge in [0.2, 0.25) is 11.5 Å². The molecule has 2 heterocycles. The van der Waals surface area contributed by atoms with E-state index in [-0.39, 0.29) is 30.5 Å². The molecule has 2 aromatic heterocycles. The zero-order valence-corrected chi connectivity index (χ0v) is 11.8. The van der Waals surface area contributed by atoms with Gasteiger partial charge in [0.05, 0.1) is 18.9 Å².